The van der Waals surface area contributed by atoms with Crippen LogP contribution in [0.1, 0.15) is 24.0 Å². The van der Waals surface area contributed by atoms with Gasteiger partial charge in [-0.15, -0.1) is 0 Å². The van der Waals surface area contributed by atoms with Crippen LogP contribution in [0.5, 0.6) is 0 Å². The molecule has 7 nitrogen and oxygen atoms in total. The molecule has 1 aliphatic rings. The molecule has 0 radical (unpaired) electrons. The number of aromatic nitrogens is 1. The maximum Gasteiger partial charge on any atom is 0.266 e. The number of thiazole rings is 1. The van der Waals surface area contributed by atoms with Crippen LogP contribution in [0.2, 0.25) is 0 Å². The van der Waals surface area contributed by atoms with Crippen molar-refractivity contribution in [2.24, 2.45) is 4.99 Å². The topological polar surface area (TPSA) is 81.0 Å². The third-order valence-corrected chi connectivity index (χ3v) is 7.27. The van der Waals surface area contributed by atoms with E-state index in [-0.39, 0.29) is 0 Å². The lowest BCUT2D eigenvalue weighted by atomic mass is 10.1. The normalized spacial score (nSPS) is 19.3. The van der Waals surface area contributed by atoms with E-state index in [2.05, 4.69) is 17.1 Å². The van der Waals surface area contributed by atoms with Gasteiger partial charge in [-0.25, -0.2) is 8.42 Å². The molecule has 1 unspecified atom stereocenters. The molecule has 1 amide bonds. The number of hydrogen-bond acceptors (Lipinski definition) is 5. The molecule has 0 spiro atoms. The summed E-state index contributed by atoms with van der Waals surface area (Å²) in [5.74, 6) is -0.398. The highest BCUT2D eigenvalue weighted by Crippen LogP contribution is 2.24. The van der Waals surface area contributed by atoms with Crippen LogP contribution in [0, 0.1) is 13.8 Å². The number of fused-ring (bicyclic) bond motifs is 1. The Morgan fingerprint density at radius 2 is 2.11 bits per heavy atom. The minimum absolute atomic E-state index is 0.374. The molecule has 0 bridgehead atoms. The Morgan fingerprint density at radius 3 is 2.78 bits per heavy atom. The fourth-order valence-electron chi connectivity index (χ4n) is 3.55. The SMILES string of the molecule is COCCn1c(=NC(=O)C2CCCN2S(C)(=O)=O)sc2c(C)cc(C)cc21. The predicted molar refractivity (Wildman–Crippen MR) is 106 cm³/mol. The molecule has 27 heavy (non-hydrogen) atoms. The Bertz CT molecular complexity index is 1040. The molecule has 0 saturated carbocycles. The van der Waals surface area contributed by atoms with Gasteiger partial charge < -0.3 is 9.30 Å². The van der Waals surface area contributed by atoms with Crippen molar-refractivity contribution in [1.82, 2.24) is 8.87 Å². The van der Waals surface area contributed by atoms with Crippen molar-refractivity contribution in [3.63, 3.8) is 0 Å². The van der Waals surface area contributed by atoms with E-state index in [9.17, 15) is 13.2 Å². The van der Waals surface area contributed by atoms with Crippen LogP contribution in [0.15, 0.2) is 17.1 Å². The number of sulfonamides is 1. The van der Waals surface area contributed by atoms with Gasteiger partial charge in [0.25, 0.3) is 5.91 Å². The van der Waals surface area contributed by atoms with Crippen LogP contribution >= 0.6 is 11.3 Å². The summed E-state index contributed by atoms with van der Waals surface area (Å²) in [6.07, 6.45) is 2.33. The fraction of sp³-hybridized carbons (Fsp3) is 0.556. The summed E-state index contributed by atoms with van der Waals surface area (Å²) in [6.45, 7) is 5.53. The number of aryl methyl sites for hydroxylation is 2. The van der Waals surface area contributed by atoms with Crippen LogP contribution in [-0.4, -0.2) is 55.8 Å². The molecule has 1 aromatic carbocycles. The second kappa shape index (κ2) is 7.83. The zero-order valence-electron chi connectivity index (χ0n) is 16.1. The van der Waals surface area contributed by atoms with Crippen molar-refractivity contribution in [1.29, 1.82) is 0 Å². The van der Waals surface area contributed by atoms with E-state index >= 15 is 0 Å². The Kier molecular flexibility index (Phi) is 5.85. The first kappa shape index (κ1) is 20.2. The van der Waals surface area contributed by atoms with E-state index < -0.39 is 22.0 Å². The van der Waals surface area contributed by atoms with Crippen molar-refractivity contribution in [3.05, 3.63) is 28.1 Å². The van der Waals surface area contributed by atoms with Gasteiger partial charge in [0, 0.05) is 20.2 Å². The number of carbonyl (C=O) groups is 1. The summed E-state index contributed by atoms with van der Waals surface area (Å²) < 4.78 is 33.4. The molecule has 148 valence electrons. The van der Waals surface area contributed by atoms with Crippen LogP contribution in [0.4, 0.5) is 0 Å². The Morgan fingerprint density at radius 1 is 1.37 bits per heavy atom. The first-order valence-corrected chi connectivity index (χ1v) is 11.5. The van der Waals surface area contributed by atoms with Gasteiger partial charge >= 0.3 is 0 Å². The van der Waals surface area contributed by atoms with Gasteiger partial charge in [0.05, 0.1) is 23.1 Å². The molecule has 0 aliphatic carbocycles. The summed E-state index contributed by atoms with van der Waals surface area (Å²) in [5.41, 5.74) is 3.29. The lowest BCUT2D eigenvalue weighted by Gasteiger charge is -2.18. The highest BCUT2D eigenvalue weighted by atomic mass is 32.2. The zero-order chi connectivity index (χ0) is 19.8. The molecular formula is C18H25N3O4S2. The zero-order valence-corrected chi connectivity index (χ0v) is 17.7. The maximum atomic E-state index is 12.8. The van der Waals surface area contributed by atoms with Gasteiger partial charge in [-0.1, -0.05) is 17.4 Å². The maximum absolute atomic E-state index is 12.8. The second-order valence-electron chi connectivity index (χ2n) is 6.94. The molecule has 1 saturated heterocycles. The summed E-state index contributed by atoms with van der Waals surface area (Å²) in [4.78, 5) is 17.7. The quantitative estimate of drug-likeness (QED) is 0.752. The van der Waals surface area contributed by atoms with Crippen molar-refractivity contribution in [2.45, 2.75) is 39.3 Å². The molecule has 9 heteroatoms. The fourth-order valence-corrected chi connectivity index (χ4v) is 5.78. The average Bonchev–Trinajstić information content (AvgIpc) is 3.18. The number of carbonyl (C=O) groups excluding carboxylic acids is 1. The smallest absolute Gasteiger partial charge is 0.266 e. The lowest BCUT2D eigenvalue weighted by Crippen LogP contribution is -2.40. The minimum atomic E-state index is -3.42. The van der Waals surface area contributed by atoms with Crippen molar-refractivity contribution in [3.8, 4) is 0 Å². The van der Waals surface area contributed by atoms with Crippen molar-refractivity contribution >= 4 is 37.5 Å². The number of rotatable bonds is 5. The lowest BCUT2D eigenvalue weighted by molar-refractivity contribution is -0.121. The molecule has 1 aliphatic heterocycles. The van der Waals surface area contributed by atoms with Gasteiger partial charge in [-0.05, 0) is 43.9 Å². The summed E-state index contributed by atoms with van der Waals surface area (Å²) >= 11 is 1.46. The number of amides is 1. The monoisotopic (exact) mass is 411 g/mol. The molecule has 1 fully saturated rings. The molecular weight excluding hydrogens is 386 g/mol. The van der Waals surface area contributed by atoms with Gasteiger partial charge in [0.1, 0.15) is 6.04 Å². The van der Waals surface area contributed by atoms with E-state index in [0.29, 0.717) is 37.3 Å². The molecule has 3 rings (SSSR count). The number of hydrogen-bond donors (Lipinski definition) is 0. The summed E-state index contributed by atoms with van der Waals surface area (Å²) in [7, 11) is -1.79. The number of ether oxygens (including phenoxy) is 1. The third kappa shape index (κ3) is 4.16. The van der Waals surface area contributed by atoms with E-state index in [4.69, 9.17) is 4.74 Å². The van der Waals surface area contributed by atoms with E-state index in [0.717, 1.165) is 27.6 Å². The Balaban J connectivity index is 2.09. The number of benzene rings is 1. The predicted octanol–water partition coefficient (Wildman–Crippen LogP) is 1.82. The van der Waals surface area contributed by atoms with E-state index in [1.807, 2.05) is 18.4 Å². The molecule has 1 aromatic heterocycles. The molecule has 0 N–H and O–H groups in total. The highest BCUT2D eigenvalue weighted by molar-refractivity contribution is 7.88. The molecule has 1 atom stereocenters. The molecule has 2 aromatic rings. The van der Waals surface area contributed by atoms with E-state index in [1.165, 1.54) is 15.6 Å². The first-order valence-electron chi connectivity index (χ1n) is 8.87. The van der Waals surface area contributed by atoms with Gasteiger partial charge in [-0.3, -0.25) is 4.79 Å². The molecule has 2 heterocycles. The Hall–Kier alpha value is -1.55. The number of nitrogens with zero attached hydrogens (tertiary/aromatic N) is 3. The van der Waals surface area contributed by atoms with Crippen molar-refractivity contribution in [2.75, 3.05) is 26.5 Å². The number of methoxy groups -OCH3 is 1. The standard InChI is InChI=1S/C18H25N3O4S2/c1-12-10-13(2)16-15(11-12)20(8-9-25-3)18(26-16)19-17(22)14-6-5-7-21(14)27(4,23)24/h10-11,14H,5-9H2,1-4H3. The van der Waals surface area contributed by atoms with Crippen LogP contribution in [0.25, 0.3) is 10.2 Å². The summed E-state index contributed by atoms with van der Waals surface area (Å²) in [5, 5.41) is 0. The van der Waals surface area contributed by atoms with Gasteiger partial charge in [0.15, 0.2) is 4.80 Å². The summed E-state index contributed by atoms with van der Waals surface area (Å²) in [6, 6.07) is 3.48. The van der Waals surface area contributed by atoms with Crippen LogP contribution < -0.4 is 4.80 Å². The first-order chi connectivity index (χ1) is 12.7. The third-order valence-electron chi connectivity index (χ3n) is 4.75. The average molecular weight is 412 g/mol. The van der Waals surface area contributed by atoms with Crippen molar-refractivity contribution < 1.29 is 17.9 Å². The largest absolute Gasteiger partial charge is 0.383 e. The minimum Gasteiger partial charge on any atom is -0.383 e. The van der Waals surface area contributed by atoms with Crippen LogP contribution in [0.3, 0.4) is 0 Å². The van der Waals surface area contributed by atoms with E-state index in [1.54, 1.807) is 7.11 Å². The second-order valence-corrected chi connectivity index (χ2v) is 9.85. The van der Waals surface area contributed by atoms with Gasteiger partial charge in [0.2, 0.25) is 10.0 Å². The highest BCUT2D eigenvalue weighted by Gasteiger charge is 2.36. The van der Waals surface area contributed by atoms with Gasteiger partial charge in [-0.2, -0.15) is 9.30 Å². The Labute approximate surface area is 163 Å². The van der Waals surface area contributed by atoms with Crippen LogP contribution in [-0.2, 0) is 26.1 Å².